The molecule has 1 fully saturated rings. The zero-order chi connectivity index (χ0) is 10.7. The van der Waals surface area contributed by atoms with E-state index in [9.17, 15) is 5.11 Å². The van der Waals surface area contributed by atoms with Crippen molar-refractivity contribution in [3.05, 3.63) is 23.8 Å². The number of rotatable bonds is 2. The van der Waals surface area contributed by atoms with E-state index in [2.05, 4.69) is 5.32 Å². The van der Waals surface area contributed by atoms with Crippen LogP contribution in [0.2, 0.25) is 0 Å². The minimum Gasteiger partial charge on any atom is -0.508 e. The standard InChI is InChI=1S/C11H15NO3.ClH/c1-14-8-2-3-11(13)9(6-8)10-7-15-5-4-12-10;/h2-3,6,10,12-13H,4-5,7H2,1H3;1H/t10-;/m1./s1. The predicted octanol–water partition coefficient (Wildman–Crippen LogP) is 1.48. The summed E-state index contributed by atoms with van der Waals surface area (Å²) in [5.74, 6) is 1.02. The zero-order valence-electron chi connectivity index (χ0n) is 9.10. The van der Waals surface area contributed by atoms with Crippen molar-refractivity contribution in [2.45, 2.75) is 6.04 Å². The first-order valence-electron chi connectivity index (χ1n) is 4.99. The maximum Gasteiger partial charge on any atom is 0.120 e. The third kappa shape index (κ3) is 2.78. The summed E-state index contributed by atoms with van der Waals surface area (Å²) >= 11 is 0. The maximum absolute atomic E-state index is 9.73. The number of benzene rings is 1. The molecule has 0 aliphatic carbocycles. The lowest BCUT2D eigenvalue weighted by Gasteiger charge is -2.25. The summed E-state index contributed by atoms with van der Waals surface area (Å²) in [6.07, 6.45) is 0. The zero-order valence-corrected chi connectivity index (χ0v) is 9.92. The minimum absolute atomic E-state index is 0. The molecule has 2 rings (SSSR count). The van der Waals surface area contributed by atoms with Gasteiger partial charge >= 0.3 is 0 Å². The van der Waals surface area contributed by atoms with Crippen LogP contribution in [0.5, 0.6) is 11.5 Å². The van der Waals surface area contributed by atoms with Crippen LogP contribution >= 0.6 is 12.4 Å². The van der Waals surface area contributed by atoms with Gasteiger partial charge in [-0.15, -0.1) is 12.4 Å². The number of phenols is 1. The molecule has 5 heteroatoms. The van der Waals surface area contributed by atoms with Crippen molar-refractivity contribution in [1.82, 2.24) is 5.32 Å². The Hall–Kier alpha value is -0.970. The van der Waals surface area contributed by atoms with Gasteiger partial charge in [0.05, 0.1) is 26.4 Å². The summed E-state index contributed by atoms with van der Waals surface area (Å²) in [7, 11) is 1.61. The third-order valence-corrected chi connectivity index (χ3v) is 2.53. The van der Waals surface area contributed by atoms with Gasteiger partial charge in [-0.2, -0.15) is 0 Å². The normalized spacial score (nSPS) is 19.9. The van der Waals surface area contributed by atoms with E-state index in [4.69, 9.17) is 9.47 Å². The number of aromatic hydroxyl groups is 1. The molecule has 0 radical (unpaired) electrons. The Morgan fingerprint density at radius 2 is 2.31 bits per heavy atom. The van der Waals surface area contributed by atoms with Crippen LogP contribution < -0.4 is 10.1 Å². The van der Waals surface area contributed by atoms with Crippen LogP contribution in [-0.4, -0.2) is 32.0 Å². The molecule has 1 atom stereocenters. The van der Waals surface area contributed by atoms with Gasteiger partial charge in [0.1, 0.15) is 11.5 Å². The lowest BCUT2D eigenvalue weighted by atomic mass is 10.1. The van der Waals surface area contributed by atoms with Crippen LogP contribution in [0, 0.1) is 0 Å². The number of halogens is 1. The number of methoxy groups -OCH3 is 1. The largest absolute Gasteiger partial charge is 0.508 e. The van der Waals surface area contributed by atoms with Crippen molar-refractivity contribution in [2.75, 3.05) is 26.9 Å². The van der Waals surface area contributed by atoms with Gasteiger partial charge in [-0.3, -0.25) is 0 Å². The van der Waals surface area contributed by atoms with E-state index in [-0.39, 0.29) is 24.2 Å². The summed E-state index contributed by atoms with van der Waals surface area (Å²) in [5, 5.41) is 13.0. The average molecular weight is 246 g/mol. The molecule has 2 N–H and O–H groups in total. The van der Waals surface area contributed by atoms with Crippen molar-refractivity contribution in [3.63, 3.8) is 0 Å². The molecule has 90 valence electrons. The fraction of sp³-hybridized carbons (Fsp3) is 0.455. The quantitative estimate of drug-likeness (QED) is 0.829. The number of phenolic OH excluding ortho intramolecular Hbond substituents is 1. The smallest absolute Gasteiger partial charge is 0.120 e. The van der Waals surface area contributed by atoms with Crippen LogP contribution in [0.15, 0.2) is 18.2 Å². The lowest BCUT2D eigenvalue weighted by Crippen LogP contribution is -2.34. The molecular weight excluding hydrogens is 230 g/mol. The highest BCUT2D eigenvalue weighted by Crippen LogP contribution is 2.29. The van der Waals surface area contributed by atoms with E-state index >= 15 is 0 Å². The van der Waals surface area contributed by atoms with Crippen molar-refractivity contribution in [3.8, 4) is 11.5 Å². The molecule has 16 heavy (non-hydrogen) atoms. The first kappa shape index (κ1) is 13.1. The minimum atomic E-state index is 0. The van der Waals surface area contributed by atoms with Gasteiger partial charge in [-0.25, -0.2) is 0 Å². The van der Waals surface area contributed by atoms with Crippen molar-refractivity contribution in [2.24, 2.45) is 0 Å². The lowest BCUT2D eigenvalue weighted by molar-refractivity contribution is 0.0760. The fourth-order valence-corrected chi connectivity index (χ4v) is 1.70. The Morgan fingerprint density at radius 1 is 1.50 bits per heavy atom. The van der Waals surface area contributed by atoms with Crippen LogP contribution in [0.25, 0.3) is 0 Å². The second kappa shape index (κ2) is 5.94. The molecule has 0 bridgehead atoms. The second-order valence-corrected chi connectivity index (χ2v) is 3.51. The van der Waals surface area contributed by atoms with E-state index in [1.165, 1.54) is 0 Å². The van der Waals surface area contributed by atoms with E-state index in [0.717, 1.165) is 24.5 Å². The fourth-order valence-electron chi connectivity index (χ4n) is 1.70. The predicted molar refractivity (Wildman–Crippen MR) is 63.5 cm³/mol. The van der Waals surface area contributed by atoms with Crippen molar-refractivity contribution < 1.29 is 14.6 Å². The highest BCUT2D eigenvalue weighted by Gasteiger charge is 2.18. The molecule has 0 aromatic heterocycles. The molecular formula is C11H16ClNO3. The first-order chi connectivity index (χ1) is 7.31. The molecule has 1 aliphatic rings. The maximum atomic E-state index is 9.73. The Labute approximate surface area is 101 Å². The Balaban J connectivity index is 0.00000128. The molecule has 1 aromatic rings. The van der Waals surface area contributed by atoms with Gasteiger partial charge in [0.15, 0.2) is 0 Å². The topological polar surface area (TPSA) is 50.7 Å². The molecule has 0 unspecified atom stereocenters. The number of ether oxygens (including phenoxy) is 2. The Bertz CT molecular complexity index is 340. The molecule has 0 spiro atoms. The summed E-state index contributed by atoms with van der Waals surface area (Å²) < 4.78 is 10.5. The first-order valence-corrected chi connectivity index (χ1v) is 4.99. The highest BCUT2D eigenvalue weighted by atomic mass is 35.5. The number of hydrogen-bond acceptors (Lipinski definition) is 4. The number of morpholine rings is 1. The second-order valence-electron chi connectivity index (χ2n) is 3.51. The van der Waals surface area contributed by atoms with Crippen LogP contribution in [0.4, 0.5) is 0 Å². The third-order valence-electron chi connectivity index (χ3n) is 2.53. The van der Waals surface area contributed by atoms with Gasteiger partial charge in [-0.05, 0) is 18.2 Å². The molecule has 0 saturated carbocycles. The van der Waals surface area contributed by atoms with Crippen LogP contribution in [0.1, 0.15) is 11.6 Å². The summed E-state index contributed by atoms with van der Waals surface area (Å²) in [6, 6.07) is 5.27. The molecule has 4 nitrogen and oxygen atoms in total. The molecule has 1 saturated heterocycles. The van der Waals surface area contributed by atoms with E-state index in [1.807, 2.05) is 6.07 Å². The molecule has 1 aliphatic heterocycles. The van der Waals surface area contributed by atoms with Gasteiger partial charge in [-0.1, -0.05) is 0 Å². The van der Waals surface area contributed by atoms with Crippen LogP contribution in [-0.2, 0) is 4.74 Å². The monoisotopic (exact) mass is 245 g/mol. The van der Waals surface area contributed by atoms with Gasteiger partial charge in [0.2, 0.25) is 0 Å². The van der Waals surface area contributed by atoms with Crippen LogP contribution in [0.3, 0.4) is 0 Å². The molecule has 1 heterocycles. The summed E-state index contributed by atoms with van der Waals surface area (Å²) in [5.41, 5.74) is 0.828. The Morgan fingerprint density at radius 3 is 2.94 bits per heavy atom. The molecule has 1 aromatic carbocycles. The number of nitrogens with one attached hydrogen (secondary N) is 1. The van der Waals surface area contributed by atoms with Gasteiger partial charge in [0, 0.05) is 12.1 Å². The highest BCUT2D eigenvalue weighted by molar-refractivity contribution is 5.85. The number of hydrogen-bond donors (Lipinski definition) is 2. The van der Waals surface area contributed by atoms with E-state index < -0.39 is 0 Å². The van der Waals surface area contributed by atoms with Gasteiger partial charge < -0.3 is 19.9 Å². The average Bonchev–Trinajstić information content (AvgIpc) is 2.31. The van der Waals surface area contributed by atoms with Crippen molar-refractivity contribution in [1.29, 1.82) is 0 Å². The SMILES string of the molecule is COc1ccc(O)c([C@H]2COCCN2)c1.Cl. The van der Waals surface area contributed by atoms with E-state index in [0.29, 0.717) is 6.61 Å². The van der Waals surface area contributed by atoms with Crippen molar-refractivity contribution >= 4 is 12.4 Å². The van der Waals surface area contributed by atoms with Gasteiger partial charge in [0.25, 0.3) is 0 Å². The summed E-state index contributed by atoms with van der Waals surface area (Å²) in [4.78, 5) is 0. The Kier molecular flexibility index (Phi) is 4.86. The summed E-state index contributed by atoms with van der Waals surface area (Å²) in [6.45, 7) is 2.11. The van der Waals surface area contributed by atoms with E-state index in [1.54, 1.807) is 19.2 Å². The molecule has 0 amide bonds.